The van der Waals surface area contributed by atoms with Crippen molar-refractivity contribution >= 4 is 27.1 Å². The van der Waals surface area contributed by atoms with Gasteiger partial charge in [0.15, 0.2) is 15.5 Å². The maximum atomic E-state index is 11.8. The Morgan fingerprint density at radius 2 is 1.96 bits per heavy atom. The molecule has 0 aliphatic heterocycles. The van der Waals surface area contributed by atoms with E-state index in [1.165, 1.54) is 18.5 Å². The van der Waals surface area contributed by atoms with Crippen LogP contribution in [0.25, 0.3) is 16.9 Å². The minimum Gasteiger partial charge on any atom is -0.392 e. The van der Waals surface area contributed by atoms with E-state index in [-0.39, 0.29) is 11.5 Å². The van der Waals surface area contributed by atoms with E-state index in [2.05, 4.69) is 25.4 Å². The summed E-state index contributed by atoms with van der Waals surface area (Å²) in [6.07, 6.45) is 7.17. The van der Waals surface area contributed by atoms with Gasteiger partial charge in [0, 0.05) is 42.3 Å². The molecule has 28 heavy (non-hydrogen) atoms. The lowest BCUT2D eigenvalue weighted by molar-refractivity contribution is 0.282. The van der Waals surface area contributed by atoms with E-state index in [4.69, 9.17) is 5.11 Å². The summed E-state index contributed by atoms with van der Waals surface area (Å²) in [5.74, 6) is 0.359. The molecule has 2 N–H and O–H groups in total. The van der Waals surface area contributed by atoms with E-state index in [1.807, 2.05) is 12.1 Å². The number of rotatable bonds is 5. The second-order valence-electron chi connectivity index (χ2n) is 6.14. The van der Waals surface area contributed by atoms with Crippen LogP contribution in [-0.4, -0.2) is 44.3 Å². The molecule has 0 unspecified atom stereocenters. The second kappa shape index (κ2) is 6.98. The Labute approximate surface area is 160 Å². The SMILES string of the molecule is CS(=O)(=O)c1cncc(-c2nccn3nc(Nc4ccc(CO)cc4)nc23)c1. The number of nitrogens with one attached hydrogen (secondary N) is 1. The van der Waals surface area contributed by atoms with Crippen LogP contribution in [0.4, 0.5) is 11.6 Å². The Hall–Kier alpha value is -3.37. The van der Waals surface area contributed by atoms with Crippen LogP contribution in [0.2, 0.25) is 0 Å². The third-order valence-corrected chi connectivity index (χ3v) is 5.14. The molecule has 4 rings (SSSR count). The molecular weight excluding hydrogens is 380 g/mol. The quantitative estimate of drug-likeness (QED) is 0.524. The minimum absolute atomic E-state index is 0.0253. The van der Waals surface area contributed by atoms with Crippen LogP contribution in [0.3, 0.4) is 0 Å². The average Bonchev–Trinajstić information content (AvgIpc) is 3.10. The molecule has 0 saturated carbocycles. The minimum atomic E-state index is -3.39. The zero-order chi connectivity index (χ0) is 19.7. The van der Waals surface area contributed by atoms with E-state index in [0.717, 1.165) is 17.5 Å². The summed E-state index contributed by atoms with van der Waals surface area (Å²) in [4.78, 5) is 12.9. The first-order valence-electron chi connectivity index (χ1n) is 8.28. The Balaban J connectivity index is 1.73. The number of nitrogens with zero attached hydrogens (tertiary/aromatic N) is 5. The Morgan fingerprint density at radius 1 is 1.18 bits per heavy atom. The highest BCUT2D eigenvalue weighted by molar-refractivity contribution is 7.90. The molecule has 0 aliphatic rings. The first kappa shape index (κ1) is 18.0. The summed E-state index contributed by atoms with van der Waals surface area (Å²) in [5, 5.41) is 16.6. The monoisotopic (exact) mass is 396 g/mol. The molecule has 3 heterocycles. The fraction of sp³-hybridized carbons (Fsp3) is 0.111. The van der Waals surface area contributed by atoms with E-state index in [1.54, 1.807) is 29.0 Å². The number of benzene rings is 1. The molecule has 0 amide bonds. The van der Waals surface area contributed by atoms with Crippen molar-refractivity contribution in [2.45, 2.75) is 11.5 Å². The molecular formula is C18H16N6O3S. The summed E-state index contributed by atoms with van der Waals surface area (Å²) in [6, 6.07) is 8.74. The predicted molar refractivity (Wildman–Crippen MR) is 103 cm³/mol. The van der Waals surface area contributed by atoms with Crippen molar-refractivity contribution in [3.05, 3.63) is 60.7 Å². The van der Waals surface area contributed by atoms with Crippen molar-refractivity contribution < 1.29 is 13.5 Å². The number of fused-ring (bicyclic) bond motifs is 1. The van der Waals surface area contributed by atoms with Crippen LogP contribution in [0, 0.1) is 0 Å². The van der Waals surface area contributed by atoms with Crippen LogP contribution in [0.5, 0.6) is 0 Å². The van der Waals surface area contributed by atoms with Gasteiger partial charge < -0.3 is 10.4 Å². The maximum absolute atomic E-state index is 11.8. The summed E-state index contributed by atoms with van der Waals surface area (Å²) >= 11 is 0. The van der Waals surface area contributed by atoms with Crippen LogP contribution < -0.4 is 5.32 Å². The molecule has 0 spiro atoms. The number of aliphatic hydroxyl groups is 1. The van der Waals surface area contributed by atoms with Crippen molar-refractivity contribution in [3.63, 3.8) is 0 Å². The van der Waals surface area contributed by atoms with E-state index >= 15 is 0 Å². The summed E-state index contributed by atoms with van der Waals surface area (Å²) in [7, 11) is -3.39. The highest BCUT2D eigenvalue weighted by Crippen LogP contribution is 2.24. The average molecular weight is 396 g/mol. The molecule has 4 aromatic rings. The Kier molecular flexibility index (Phi) is 4.49. The fourth-order valence-electron chi connectivity index (χ4n) is 2.65. The summed E-state index contributed by atoms with van der Waals surface area (Å²) in [6.45, 7) is -0.0253. The number of pyridine rings is 1. The lowest BCUT2D eigenvalue weighted by atomic mass is 10.2. The molecule has 0 saturated heterocycles. The van der Waals surface area contributed by atoms with Gasteiger partial charge in [0.25, 0.3) is 0 Å². The van der Waals surface area contributed by atoms with Gasteiger partial charge >= 0.3 is 0 Å². The van der Waals surface area contributed by atoms with Crippen LogP contribution in [-0.2, 0) is 16.4 Å². The molecule has 9 nitrogen and oxygen atoms in total. The van der Waals surface area contributed by atoms with E-state index < -0.39 is 9.84 Å². The van der Waals surface area contributed by atoms with Crippen molar-refractivity contribution in [2.24, 2.45) is 0 Å². The first-order valence-corrected chi connectivity index (χ1v) is 10.2. The smallest absolute Gasteiger partial charge is 0.247 e. The van der Waals surface area contributed by atoms with Gasteiger partial charge in [0.1, 0.15) is 5.69 Å². The molecule has 142 valence electrons. The predicted octanol–water partition coefficient (Wildman–Crippen LogP) is 1.83. The van der Waals surface area contributed by atoms with Gasteiger partial charge in [-0.25, -0.2) is 12.9 Å². The highest BCUT2D eigenvalue weighted by Gasteiger charge is 2.15. The zero-order valence-electron chi connectivity index (χ0n) is 14.8. The van der Waals surface area contributed by atoms with Gasteiger partial charge in [-0.1, -0.05) is 12.1 Å². The van der Waals surface area contributed by atoms with Gasteiger partial charge in [-0.05, 0) is 23.8 Å². The zero-order valence-corrected chi connectivity index (χ0v) is 15.6. The lowest BCUT2D eigenvalue weighted by Crippen LogP contribution is -1.99. The Morgan fingerprint density at radius 3 is 2.68 bits per heavy atom. The highest BCUT2D eigenvalue weighted by atomic mass is 32.2. The third-order valence-electron chi connectivity index (χ3n) is 4.06. The van der Waals surface area contributed by atoms with Gasteiger partial charge in [-0.2, -0.15) is 4.98 Å². The van der Waals surface area contributed by atoms with E-state index in [9.17, 15) is 8.42 Å². The van der Waals surface area contributed by atoms with E-state index in [0.29, 0.717) is 22.9 Å². The van der Waals surface area contributed by atoms with Crippen LogP contribution in [0.1, 0.15) is 5.56 Å². The van der Waals surface area contributed by atoms with Crippen molar-refractivity contribution in [3.8, 4) is 11.3 Å². The standard InChI is InChI=1S/C18H16N6O3S/c1-28(26,27)15-8-13(9-19-10-15)16-17-22-18(23-24(17)7-6-20-16)21-14-4-2-12(11-25)3-5-14/h2-10,25H,11H2,1H3,(H,21,23). The van der Waals surface area contributed by atoms with Crippen molar-refractivity contribution in [1.82, 2.24) is 24.6 Å². The molecule has 10 heteroatoms. The molecule has 0 radical (unpaired) electrons. The first-order chi connectivity index (χ1) is 13.4. The number of hydrogen-bond donors (Lipinski definition) is 2. The molecule has 0 fully saturated rings. The summed E-state index contributed by atoms with van der Waals surface area (Å²) in [5.41, 5.74) is 3.03. The van der Waals surface area contributed by atoms with Crippen LogP contribution >= 0.6 is 0 Å². The maximum Gasteiger partial charge on any atom is 0.247 e. The van der Waals surface area contributed by atoms with Gasteiger partial charge in [-0.3, -0.25) is 9.97 Å². The number of sulfone groups is 1. The third kappa shape index (κ3) is 3.55. The van der Waals surface area contributed by atoms with Gasteiger partial charge in [-0.15, -0.1) is 5.10 Å². The number of hydrogen-bond acceptors (Lipinski definition) is 8. The summed E-state index contributed by atoms with van der Waals surface area (Å²) < 4.78 is 25.2. The molecule has 3 aromatic heterocycles. The normalized spacial score (nSPS) is 11.6. The second-order valence-corrected chi connectivity index (χ2v) is 8.16. The molecule has 0 aliphatic carbocycles. The van der Waals surface area contributed by atoms with Crippen LogP contribution in [0.15, 0.2) is 60.0 Å². The van der Waals surface area contributed by atoms with Gasteiger partial charge in [0.2, 0.25) is 5.95 Å². The largest absolute Gasteiger partial charge is 0.392 e. The van der Waals surface area contributed by atoms with Gasteiger partial charge in [0.05, 0.1) is 11.5 Å². The molecule has 0 atom stereocenters. The molecule has 0 bridgehead atoms. The van der Waals surface area contributed by atoms with Crippen molar-refractivity contribution in [2.75, 3.05) is 11.6 Å². The topological polar surface area (TPSA) is 122 Å². The number of anilines is 2. The van der Waals surface area contributed by atoms with Crippen molar-refractivity contribution in [1.29, 1.82) is 0 Å². The lowest BCUT2D eigenvalue weighted by Gasteiger charge is -2.03. The number of aromatic nitrogens is 5. The number of aliphatic hydroxyl groups excluding tert-OH is 1. The molecule has 1 aromatic carbocycles. The fourth-order valence-corrected chi connectivity index (χ4v) is 3.24. The Bertz CT molecular complexity index is 1250.